The van der Waals surface area contributed by atoms with Crippen molar-refractivity contribution in [3.05, 3.63) is 83.7 Å². The summed E-state index contributed by atoms with van der Waals surface area (Å²) in [6.45, 7) is 1.65. The number of aryl methyl sites for hydroxylation is 1. The van der Waals surface area contributed by atoms with Crippen molar-refractivity contribution < 1.29 is 19.1 Å². The number of carbonyl (C=O) groups excluding carboxylic acids is 2. The summed E-state index contributed by atoms with van der Waals surface area (Å²) >= 11 is 0. The number of hydrogen-bond acceptors (Lipinski definition) is 4. The van der Waals surface area contributed by atoms with E-state index in [0.717, 1.165) is 11.3 Å². The molecule has 0 aliphatic rings. The second-order valence-electron chi connectivity index (χ2n) is 5.82. The number of Topliss-reactive ketones (excluding diaryl/α,β-unsaturated/α-hetero) is 1. The molecule has 0 spiro atoms. The molecule has 0 saturated heterocycles. The van der Waals surface area contributed by atoms with Crippen molar-refractivity contribution in [2.24, 2.45) is 0 Å². The van der Waals surface area contributed by atoms with Crippen LogP contribution in [0.5, 0.6) is 5.75 Å². The van der Waals surface area contributed by atoms with E-state index >= 15 is 0 Å². The summed E-state index contributed by atoms with van der Waals surface area (Å²) in [6.07, 6.45) is 3.81. The van der Waals surface area contributed by atoms with E-state index in [2.05, 4.69) is 0 Å². The van der Waals surface area contributed by atoms with Gasteiger partial charge in [0.2, 0.25) is 0 Å². The third kappa shape index (κ3) is 3.83. The molecule has 0 aliphatic carbocycles. The fraction of sp³-hybridized carbons (Fsp3) is 0.143. The second kappa shape index (κ2) is 7.70. The number of methoxy groups -OCH3 is 1. The van der Waals surface area contributed by atoms with Crippen LogP contribution in [-0.2, 0) is 4.74 Å². The Labute approximate surface area is 151 Å². The topological polar surface area (TPSA) is 57.5 Å². The molecule has 0 radical (unpaired) electrons. The Morgan fingerprint density at radius 2 is 1.73 bits per heavy atom. The number of rotatable bonds is 6. The molecule has 5 heteroatoms. The quantitative estimate of drug-likeness (QED) is 0.501. The lowest BCUT2D eigenvalue weighted by atomic mass is 10.1. The van der Waals surface area contributed by atoms with Crippen LogP contribution in [0.4, 0.5) is 0 Å². The van der Waals surface area contributed by atoms with Gasteiger partial charge in [-0.25, -0.2) is 4.79 Å². The SMILES string of the molecule is COc1cccc(C(=O)COC(=O)c2ccc(C)c(-n3cccc3)c2)c1. The normalized spacial score (nSPS) is 10.4. The minimum atomic E-state index is -0.533. The van der Waals surface area contributed by atoms with Gasteiger partial charge in [0.15, 0.2) is 12.4 Å². The number of ketones is 1. The fourth-order valence-corrected chi connectivity index (χ4v) is 2.60. The van der Waals surface area contributed by atoms with E-state index in [9.17, 15) is 9.59 Å². The van der Waals surface area contributed by atoms with E-state index in [4.69, 9.17) is 9.47 Å². The molecule has 0 unspecified atom stereocenters. The highest BCUT2D eigenvalue weighted by Crippen LogP contribution is 2.18. The van der Waals surface area contributed by atoms with E-state index in [0.29, 0.717) is 16.9 Å². The number of benzene rings is 2. The van der Waals surface area contributed by atoms with Gasteiger partial charge in [-0.3, -0.25) is 4.79 Å². The Morgan fingerprint density at radius 3 is 2.46 bits per heavy atom. The lowest BCUT2D eigenvalue weighted by molar-refractivity contribution is 0.0474. The maximum absolute atomic E-state index is 12.3. The summed E-state index contributed by atoms with van der Waals surface area (Å²) in [5.41, 5.74) is 2.76. The van der Waals surface area contributed by atoms with Crippen LogP contribution in [-0.4, -0.2) is 30.0 Å². The van der Waals surface area contributed by atoms with E-state index in [1.807, 2.05) is 42.1 Å². The molecule has 26 heavy (non-hydrogen) atoms. The van der Waals surface area contributed by atoms with Crippen LogP contribution >= 0.6 is 0 Å². The molecule has 0 saturated carbocycles. The molecule has 1 aromatic heterocycles. The van der Waals surface area contributed by atoms with E-state index in [1.165, 1.54) is 7.11 Å². The summed E-state index contributed by atoms with van der Waals surface area (Å²) in [5, 5.41) is 0. The third-order valence-electron chi connectivity index (χ3n) is 4.05. The minimum Gasteiger partial charge on any atom is -0.497 e. The van der Waals surface area contributed by atoms with Crippen LogP contribution in [0.15, 0.2) is 67.0 Å². The monoisotopic (exact) mass is 349 g/mol. The first kappa shape index (κ1) is 17.5. The average Bonchev–Trinajstić information content (AvgIpc) is 3.20. The number of esters is 1. The summed E-state index contributed by atoms with van der Waals surface area (Å²) < 4.78 is 12.2. The number of hydrogen-bond donors (Lipinski definition) is 0. The Kier molecular flexibility index (Phi) is 5.17. The van der Waals surface area contributed by atoms with Crippen LogP contribution < -0.4 is 4.74 Å². The number of aromatic nitrogens is 1. The second-order valence-corrected chi connectivity index (χ2v) is 5.82. The van der Waals surface area contributed by atoms with Crippen molar-refractivity contribution >= 4 is 11.8 Å². The molecule has 3 rings (SSSR count). The Morgan fingerprint density at radius 1 is 0.962 bits per heavy atom. The highest BCUT2D eigenvalue weighted by Gasteiger charge is 2.14. The zero-order chi connectivity index (χ0) is 18.5. The van der Waals surface area contributed by atoms with Crippen molar-refractivity contribution in [2.75, 3.05) is 13.7 Å². The zero-order valence-corrected chi connectivity index (χ0v) is 14.6. The fourth-order valence-electron chi connectivity index (χ4n) is 2.60. The van der Waals surface area contributed by atoms with Crippen LogP contribution in [0.2, 0.25) is 0 Å². The molecular weight excluding hydrogens is 330 g/mol. The number of ether oxygens (including phenoxy) is 2. The maximum Gasteiger partial charge on any atom is 0.338 e. The van der Waals surface area contributed by atoms with Crippen LogP contribution in [0.3, 0.4) is 0 Å². The van der Waals surface area contributed by atoms with E-state index < -0.39 is 5.97 Å². The van der Waals surface area contributed by atoms with Crippen LogP contribution in [0, 0.1) is 6.92 Å². The lowest BCUT2D eigenvalue weighted by Crippen LogP contribution is -2.14. The van der Waals surface area contributed by atoms with Crippen LogP contribution in [0.1, 0.15) is 26.3 Å². The van der Waals surface area contributed by atoms with Gasteiger partial charge >= 0.3 is 5.97 Å². The molecular formula is C21H19NO4. The van der Waals surface area contributed by atoms with Crippen molar-refractivity contribution in [1.82, 2.24) is 4.57 Å². The van der Waals surface area contributed by atoms with E-state index in [-0.39, 0.29) is 12.4 Å². The molecule has 0 fully saturated rings. The van der Waals surface area contributed by atoms with Crippen molar-refractivity contribution in [1.29, 1.82) is 0 Å². The largest absolute Gasteiger partial charge is 0.497 e. The first-order chi connectivity index (χ1) is 12.6. The Bertz CT molecular complexity index is 929. The molecule has 5 nitrogen and oxygen atoms in total. The summed E-state index contributed by atoms with van der Waals surface area (Å²) in [4.78, 5) is 24.5. The standard InChI is InChI=1S/C21H19NO4/c1-15-8-9-17(13-19(15)22-10-3-4-11-22)21(24)26-14-20(23)16-6-5-7-18(12-16)25-2/h3-13H,14H2,1-2H3. The van der Waals surface area contributed by atoms with Gasteiger partial charge in [0, 0.05) is 23.6 Å². The van der Waals surface area contributed by atoms with Crippen molar-refractivity contribution in [3.8, 4) is 11.4 Å². The first-order valence-electron chi connectivity index (χ1n) is 8.17. The molecule has 0 aliphatic heterocycles. The highest BCUT2D eigenvalue weighted by molar-refractivity contribution is 5.99. The predicted molar refractivity (Wildman–Crippen MR) is 98.1 cm³/mol. The van der Waals surface area contributed by atoms with Gasteiger partial charge in [-0.05, 0) is 48.9 Å². The number of carbonyl (C=O) groups is 2. The van der Waals surface area contributed by atoms with Gasteiger partial charge < -0.3 is 14.0 Å². The molecule has 2 aromatic carbocycles. The van der Waals surface area contributed by atoms with Gasteiger partial charge in [-0.2, -0.15) is 0 Å². The van der Waals surface area contributed by atoms with Gasteiger partial charge in [0.1, 0.15) is 5.75 Å². The zero-order valence-electron chi connectivity index (χ0n) is 14.6. The molecule has 0 atom stereocenters. The molecule has 132 valence electrons. The summed E-state index contributed by atoms with van der Waals surface area (Å²) in [7, 11) is 1.53. The Hall–Kier alpha value is -3.34. The van der Waals surface area contributed by atoms with Gasteiger partial charge in [-0.15, -0.1) is 0 Å². The third-order valence-corrected chi connectivity index (χ3v) is 4.05. The molecule has 1 heterocycles. The summed E-state index contributed by atoms with van der Waals surface area (Å²) in [5.74, 6) is -0.235. The first-order valence-corrected chi connectivity index (χ1v) is 8.17. The number of nitrogens with zero attached hydrogens (tertiary/aromatic N) is 1. The van der Waals surface area contributed by atoms with E-state index in [1.54, 1.807) is 36.4 Å². The molecule has 0 amide bonds. The van der Waals surface area contributed by atoms with Gasteiger partial charge in [0.25, 0.3) is 0 Å². The van der Waals surface area contributed by atoms with Crippen LogP contribution in [0.25, 0.3) is 5.69 Å². The van der Waals surface area contributed by atoms with Gasteiger partial charge in [-0.1, -0.05) is 18.2 Å². The Balaban J connectivity index is 1.70. The van der Waals surface area contributed by atoms with Gasteiger partial charge in [0.05, 0.1) is 12.7 Å². The van der Waals surface area contributed by atoms with Crippen molar-refractivity contribution in [2.45, 2.75) is 6.92 Å². The minimum absolute atomic E-state index is 0.282. The highest BCUT2D eigenvalue weighted by atomic mass is 16.5. The molecule has 0 bridgehead atoms. The summed E-state index contributed by atoms with van der Waals surface area (Å²) in [6, 6.07) is 15.9. The average molecular weight is 349 g/mol. The van der Waals surface area contributed by atoms with Crippen molar-refractivity contribution in [3.63, 3.8) is 0 Å². The lowest BCUT2D eigenvalue weighted by Gasteiger charge is -2.10. The maximum atomic E-state index is 12.3. The predicted octanol–water partition coefficient (Wildman–Crippen LogP) is 3.83. The molecule has 3 aromatic rings. The molecule has 0 N–H and O–H groups in total. The smallest absolute Gasteiger partial charge is 0.338 e.